The fraction of sp³-hybridized carbons (Fsp3) is 0.727. The zero-order valence-electron chi connectivity index (χ0n) is 9.09. The van der Waals surface area contributed by atoms with Crippen LogP contribution in [0.15, 0.2) is 12.4 Å². The normalized spacial score (nSPS) is 23.2. The van der Waals surface area contributed by atoms with Crippen LogP contribution in [0.25, 0.3) is 0 Å². The van der Waals surface area contributed by atoms with Gasteiger partial charge in [-0.1, -0.05) is 6.92 Å². The highest BCUT2D eigenvalue weighted by molar-refractivity contribution is 4.99. The minimum atomic E-state index is -0.478. The Morgan fingerprint density at radius 1 is 1.73 bits per heavy atom. The van der Waals surface area contributed by atoms with E-state index >= 15 is 0 Å². The van der Waals surface area contributed by atoms with Crippen molar-refractivity contribution in [3.63, 3.8) is 0 Å². The second kappa shape index (κ2) is 4.77. The summed E-state index contributed by atoms with van der Waals surface area (Å²) in [4.78, 5) is 4.24. The predicted octanol–water partition coefficient (Wildman–Crippen LogP) is 1.36. The molecule has 0 aromatic carbocycles. The summed E-state index contributed by atoms with van der Waals surface area (Å²) in [5.74, 6) is 0.996. The molecule has 1 aromatic heterocycles. The van der Waals surface area contributed by atoms with Crippen molar-refractivity contribution in [2.45, 2.75) is 32.4 Å². The van der Waals surface area contributed by atoms with Gasteiger partial charge in [-0.15, -0.1) is 0 Å². The molecule has 1 aromatic rings. The quantitative estimate of drug-likeness (QED) is 0.816. The smallest absolute Gasteiger partial charge is 0.137 e. The molecule has 1 aliphatic rings. The number of aryl methyl sites for hydroxylation is 1. The second-order valence-electron chi connectivity index (χ2n) is 4.05. The summed E-state index contributed by atoms with van der Waals surface area (Å²) in [6.07, 6.45) is 5.19. The van der Waals surface area contributed by atoms with E-state index in [1.807, 2.05) is 10.8 Å². The van der Waals surface area contributed by atoms with Gasteiger partial charge in [0, 0.05) is 31.5 Å². The predicted molar refractivity (Wildman–Crippen MR) is 56.4 cm³/mol. The van der Waals surface area contributed by atoms with Crippen molar-refractivity contribution in [1.82, 2.24) is 9.55 Å². The lowest BCUT2D eigenvalue weighted by Crippen LogP contribution is -2.17. The van der Waals surface area contributed by atoms with Crippen LogP contribution in [0.5, 0.6) is 0 Å². The molecule has 84 valence electrons. The molecule has 2 unspecified atom stereocenters. The maximum Gasteiger partial charge on any atom is 0.137 e. The van der Waals surface area contributed by atoms with E-state index in [-0.39, 0.29) is 5.92 Å². The summed E-state index contributed by atoms with van der Waals surface area (Å²) in [6, 6.07) is 0. The molecule has 1 saturated heterocycles. The van der Waals surface area contributed by atoms with Gasteiger partial charge in [0.05, 0.1) is 6.61 Å². The SMILES string of the molecule is CCCn1ccnc1C(O)C1CCOC1. The molecule has 2 rings (SSSR count). The van der Waals surface area contributed by atoms with Gasteiger partial charge in [0.2, 0.25) is 0 Å². The van der Waals surface area contributed by atoms with Crippen molar-refractivity contribution >= 4 is 0 Å². The highest BCUT2D eigenvalue weighted by Gasteiger charge is 2.27. The van der Waals surface area contributed by atoms with E-state index in [1.54, 1.807) is 6.20 Å². The van der Waals surface area contributed by atoms with E-state index < -0.39 is 6.10 Å². The zero-order chi connectivity index (χ0) is 10.7. The van der Waals surface area contributed by atoms with Crippen molar-refractivity contribution in [3.8, 4) is 0 Å². The summed E-state index contributed by atoms with van der Waals surface area (Å²) in [5.41, 5.74) is 0. The molecular weight excluding hydrogens is 192 g/mol. The van der Waals surface area contributed by atoms with Gasteiger partial charge < -0.3 is 14.4 Å². The van der Waals surface area contributed by atoms with Gasteiger partial charge in [0.15, 0.2) is 0 Å². The number of ether oxygens (including phenoxy) is 1. The first-order valence-electron chi connectivity index (χ1n) is 5.59. The van der Waals surface area contributed by atoms with E-state index in [2.05, 4.69) is 11.9 Å². The third kappa shape index (κ3) is 2.21. The average molecular weight is 210 g/mol. The molecule has 15 heavy (non-hydrogen) atoms. The van der Waals surface area contributed by atoms with Crippen molar-refractivity contribution in [3.05, 3.63) is 18.2 Å². The van der Waals surface area contributed by atoms with Crippen LogP contribution in [-0.2, 0) is 11.3 Å². The Labute approximate surface area is 89.9 Å². The third-order valence-electron chi connectivity index (χ3n) is 2.89. The number of aliphatic hydroxyl groups excluding tert-OH is 1. The monoisotopic (exact) mass is 210 g/mol. The third-order valence-corrected chi connectivity index (χ3v) is 2.89. The van der Waals surface area contributed by atoms with E-state index in [4.69, 9.17) is 4.74 Å². The summed E-state index contributed by atoms with van der Waals surface area (Å²) >= 11 is 0. The Morgan fingerprint density at radius 3 is 3.27 bits per heavy atom. The molecule has 1 N–H and O–H groups in total. The number of imidazole rings is 1. The number of nitrogens with zero attached hydrogens (tertiary/aromatic N) is 2. The number of aromatic nitrogens is 2. The summed E-state index contributed by atoms with van der Waals surface area (Å²) in [7, 11) is 0. The molecule has 0 radical (unpaired) electrons. The Bertz CT molecular complexity index is 305. The molecule has 1 aliphatic heterocycles. The topological polar surface area (TPSA) is 47.3 Å². The number of rotatable bonds is 4. The minimum Gasteiger partial charge on any atom is -0.385 e. The highest BCUT2D eigenvalue weighted by atomic mass is 16.5. The maximum absolute atomic E-state index is 10.2. The van der Waals surface area contributed by atoms with Gasteiger partial charge in [0.25, 0.3) is 0 Å². The van der Waals surface area contributed by atoms with Crippen molar-refractivity contribution < 1.29 is 9.84 Å². The fourth-order valence-electron chi connectivity index (χ4n) is 2.03. The molecular formula is C11H18N2O2. The molecule has 1 fully saturated rings. The first-order valence-corrected chi connectivity index (χ1v) is 5.59. The Balaban J connectivity index is 2.09. The zero-order valence-corrected chi connectivity index (χ0v) is 9.09. The average Bonchev–Trinajstić information content (AvgIpc) is 2.87. The van der Waals surface area contributed by atoms with Crippen LogP contribution in [0, 0.1) is 5.92 Å². The van der Waals surface area contributed by atoms with Crippen LogP contribution in [-0.4, -0.2) is 27.9 Å². The number of aliphatic hydroxyl groups is 1. The Hall–Kier alpha value is -0.870. The lowest BCUT2D eigenvalue weighted by Gasteiger charge is -2.17. The van der Waals surface area contributed by atoms with Gasteiger partial charge in [-0.2, -0.15) is 0 Å². The van der Waals surface area contributed by atoms with Crippen LogP contribution in [0.2, 0.25) is 0 Å². The van der Waals surface area contributed by atoms with E-state index in [0.29, 0.717) is 6.61 Å². The van der Waals surface area contributed by atoms with Crippen molar-refractivity contribution in [2.24, 2.45) is 5.92 Å². The highest BCUT2D eigenvalue weighted by Crippen LogP contribution is 2.27. The van der Waals surface area contributed by atoms with Gasteiger partial charge in [-0.3, -0.25) is 0 Å². The number of hydrogen-bond donors (Lipinski definition) is 1. The number of hydrogen-bond acceptors (Lipinski definition) is 3. The first kappa shape index (κ1) is 10.6. The van der Waals surface area contributed by atoms with E-state index in [9.17, 15) is 5.11 Å². The minimum absolute atomic E-state index is 0.211. The van der Waals surface area contributed by atoms with Gasteiger partial charge >= 0.3 is 0 Å². The summed E-state index contributed by atoms with van der Waals surface area (Å²) < 4.78 is 7.31. The van der Waals surface area contributed by atoms with Crippen LogP contribution in [0.1, 0.15) is 31.7 Å². The van der Waals surface area contributed by atoms with Gasteiger partial charge in [-0.05, 0) is 12.8 Å². The second-order valence-corrected chi connectivity index (χ2v) is 4.05. The molecule has 0 bridgehead atoms. The lowest BCUT2D eigenvalue weighted by molar-refractivity contribution is 0.0819. The van der Waals surface area contributed by atoms with Gasteiger partial charge in [-0.25, -0.2) is 4.98 Å². The molecule has 4 heteroatoms. The molecule has 2 atom stereocenters. The Morgan fingerprint density at radius 2 is 2.60 bits per heavy atom. The van der Waals surface area contributed by atoms with E-state index in [1.165, 1.54) is 0 Å². The van der Waals surface area contributed by atoms with Crippen molar-refractivity contribution in [2.75, 3.05) is 13.2 Å². The van der Waals surface area contributed by atoms with Crippen LogP contribution in [0.3, 0.4) is 0 Å². The van der Waals surface area contributed by atoms with Crippen molar-refractivity contribution in [1.29, 1.82) is 0 Å². The van der Waals surface area contributed by atoms with Gasteiger partial charge in [0.1, 0.15) is 11.9 Å². The fourth-order valence-corrected chi connectivity index (χ4v) is 2.03. The maximum atomic E-state index is 10.2. The molecule has 0 aliphatic carbocycles. The molecule has 0 spiro atoms. The summed E-state index contributed by atoms with van der Waals surface area (Å²) in [6.45, 7) is 4.45. The van der Waals surface area contributed by atoms with Crippen LogP contribution >= 0.6 is 0 Å². The largest absolute Gasteiger partial charge is 0.385 e. The lowest BCUT2D eigenvalue weighted by atomic mass is 10.0. The molecule has 2 heterocycles. The standard InChI is InChI=1S/C11H18N2O2/c1-2-5-13-6-4-12-11(13)10(14)9-3-7-15-8-9/h4,6,9-10,14H,2-3,5,7-8H2,1H3. The first-order chi connectivity index (χ1) is 7.33. The summed E-state index contributed by atoms with van der Waals surface area (Å²) in [5, 5.41) is 10.2. The van der Waals surface area contributed by atoms with Crippen LogP contribution in [0.4, 0.5) is 0 Å². The molecule has 0 amide bonds. The molecule has 0 saturated carbocycles. The van der Waals surface area contributed by atoms with E-state index in [0.717, 1.165) is 31.8 Å². The van der Waals surface area contributed by atoms with Crippen LogP contribution < -0.4 is 0 Å². The Kier molecular flexibility index (Phi) is 3.38. The molecule has 4 nitrogen and oxygen atoms in total.